The van der Waals surface area contributed by atoms with E-state index in [1.165, 1.54) is 0 Å². The summed E-state index contributed by atoms with van der Waals surface area (Å²) >= 11 is 0. The molecule has 0 saturated carbocycles. The van der Waals surface area contributed by atoms with E-state index in [0.717, 1.165) is 12.0 Å². The van der Waals surface area contributed by atoms with Crippen LogP contribution in [0, 0.1) is 13.8 Å². The van der Waals surface area contributed by atoms with E-state index in [0.29, 0.717) is 36.1 Å². The molecule has 7 heteroatoms. The highest BCUT2D eigenvalue weighted by molar-refractivity contribution is 5.94. The van der Waals surface area contributed by atoms with Gasteiger partial charge in [0.15, 0.2) is 5.82 Å². The number of benzene rings is 1. The molecule has 0 aliphatic heterocycles. The van der Waals surface area contributed by atoms with E-state index in [4.69, 9.17) is 10.5 Å². The van der Waals surface area contributed by atoms with Crippen molar-refractivity contribution in [3.8, 4) is 5.75 Å². The van der Waals surface area contributed by atoms with Crippen molar-refractivity contribution in [1.29, 1.82) is 0 Å². The number of carbonyl (C=O) groups is 1. The fraction of sp³-hybridized carbons (Fsp3) is 0.438. The van der Waals surface area contributed by atoms with E-state index in [2.05, 4.69) is 20.5 Å². The zero-order valence-electron chi connectivity index (χ0n) is 13.7. The van der Waals surface area contributed by atoms with Crippen molar-refractivity contribution in [3.63, 3.8) is 0 Å². The van der Waals surface area contributed by atoms with Crippen LogP contribution in [0.4, 0.5) is 0 Å². The zero-order valence-corrected chi connectivity index (χ0v) is 13.7. The van der Waals surface area contributed by atoms with Crippen LogP contribution in [0.1, 0.15) is 47.0 Å². The van der Waals surface area contributed by atoms with Gasteiger partial charge in [-0.3, -0.25) is 9.89 Å². The average Bonchev–Trinajstić information content (AvgIpc) is 2.96. The molecule has 2 rings (SSSR count). The Balaban J connectivity index is 2.05. The predicted molar refractivity (Wildman–Crippen MR) is 87.3 cm³/mol. The third-order valence-electron chi connectivity index (χ3n) is 3.41. The first-order chi connectivity index (χ1) is 11.0. The Morgan fingerprint density at radius 1 is 1.43 bits per heavy atom. The summed E-state index contributed by atoms with van der Waals surface area (Å²) < 4.78 is 5.67. The smallest absolute Gasteiger partial charge is 0.251 e. The van der Waals surface area contributed by atoms with Crippen LogP contribution in [0.15, 0.2) is 18.2 Å². The summed E-state index contributed by atoms with van der Waals surface area (Å²) in [4.78, 5) is 16.6. The molecule has 0 spiro atoms. The van der Waals surface area contributed by atoms with E-state index in [9.17, 15) is 4.79 Å². The van der Waals surface area contributed by atoms with Gasteiger partial charge in [0.05, 0.1) is 12.6 Å². The Kier molecular flexibility index (Phi) is 5.70. The average molecular weight is 317 g/mol. The summed E-state index contributed by atoms with van der Waals surface area (Å²) in [6, 6.07) is 5.11. The number of hydrogen-bond acceptors (Lipinski definition) is 5. The normalized spacial score (nSPS) is 12.0. The number of aryl methyl sites for hydroxylation is 2. The monoisotopic (exact) mass is 317 g/mol. The molecule has 1 amide bonds. The van der Waals surface area contributed by atoms with Gasteiger partial charge in [-0.1, -0.05) is 6.07 Å². The molecule has 7 nitrogen and oxygen atoms in total. The number of nitrogens with one attached hydrogen (secondary N) is 2. The molecule has 1 atom stereocenters. The van der Waals surface area contributed by atoms with Crippen molar-refractivity contribution in [2.75, 3.05) is 13.2 Å². The molecule has 1 heterocycles. The third kappa shape index (κ3) is 4.53. The number of aromatic amines is 1. The first-order valence-electron chi connectivity index (χ1n) is 7.64. The first-order valence-corrected chi connectivity index (χ1v) is 7.64. The molecule has 0 aliphatic rings. The molecule has 2 aromatic rings. The molecular formula is C16H23N5O2. The maximum absolute atomic E-state index is 12.4. The standard InChI is InChI=1S/C16H23N5O2/c1-10-5-6-13(9-14(10)23-8-4-7-17)16(22)18-11(2)15-19-12(3)20-21-15/h5-6,9,11H,4,7-8,17H2,1-3H3,(H,18,22)(H,19,20,21)/t11-/m0/s1. The minimum Gasteiger partial charge on any atom is -0.493 e. The number of amides is 1. The number of nitrogens with zero attached hydrogens (tertiary/aromatic N) is 2. The Labute approximate surface area is 135 Å². The van der Waals surface area contributed by atoms with E-state index >= 15 is 0 Å². The van der Waals surface area contributed by atoms with Gasteiger partial charge in [0.1, 0.15) is 11.6 Å². The van der Waals surface area contributed by atoms with Gasteiger partial charge < -0.3 is 15.8 Å². The largest absolute Gasteiger partial charge is 0.493 e. The summed E-state index contributed by atoms with van der Waals surface area (Å²) in [6.45, 7) is 6.71. The lowest BCUT2D eigenvalue weighted by molar-refractivity contribution is 0.0938. The highest BCUT2D eigenvalue weighted by atomic mass is 16.5. The lowest BCUT2D eigenvalue weighted by atomic mass is 10.1. The highest BCUT2D eigenvalue weighted by Crippen LogP contribution is 2.20. The zero-order chi connectivity index (χ0) is 16.8. The second-order valence-corrected chi connectivity index (χ2v) is 5.45. The number of nitrogens with two attached hydrogens (primary N) is 1. The second-order valence-electron chi connectivity index (χ2n) is 5.45. The molecule has 23 heavy (non-hydrogen) atoms. The molecular weight excluding hydrogens is 294 g/mol. The summed E-state index contributed by atoms with van der Waals surface area (Å²) in [5.74, 6) is 1.78. The Morgan fingerprint density at radius 2 is 2.22 bits per heavy atom. The summed E-state index contributed by atoms with van der Waals surface area (Å²) in [5.41, 5.74) is 6.98. The number of H-pyrrole nitrogens is 1. The van der Waals surface area contributed by atoms with Crippen LogP contribution in [0.25, 0.3) is 0 Å². The maximum atomic E-state index is 12.4. The molecule has 0 fully saturated rings. The maximum Gasteiger partial charge on any atom is 0.251 e. The quantitative estimate of drug-likeness (QED) is 0.673. The molecule has 0 unspecified atom stereocenters. The van der Waals surface area contributed by atoms with E-state index in [1.807, 2.05) is 26.8 Å². The lowest BCUT2D eigenvalue weighted by Gasteiger charge is -2.13. The minimum atomic E-state index is -0.282. The molecule has 0 radical (unpaired) electrons. The van der Waals surface area contributed by atoms with E-state index < -0.39 is 0 Å². The highest BCUT2D eigenvalue weighted by Gasteiger charge is 2.16. The van der Waals surface area contributed by atoms with Gasteiger partial charge in [-0.05, 0) is 51.4 Å². The Morgan fingerprint density at radius 3 is 2.87 bits per heavy atom. The fourth-order valence-corrected chi connectivity index (χ4v) is 2.06. The number of rotatable bonds is 7. The van der Waals surface area contributed by atoms with Crippen molar-refractivity contribution in [2.24, 2.45) is 5.73 Å². The van der Waals surface area contributed by atoms with Gasteiger partial charge in [-0.25, -0.2) is 4.98 Å². The third-order valence-corrected chi connectivity index (χ3v) is 3.41. The molecule has 1 aromatic carbocycles. The van der Waals surface area contributed by atoms with Crippen LogP contribution >= 0.6 is 0 Å². The summed E-state index contributed by atoms with van der Waals surface area (Å²) in [5, 5.41) is 9.70. The van der Waals surface area contributed by atoms with Crippen LogP contribution in [-0.4, -0.2) is 34.2 Å². The topological polar surface area (TPSA) is 106 Å². The van der Waals surface area contributed by atoms with Crippen molar-refractivity contribution < 1.29 is 9.53 Å². The molecule has 124 valence electrons. The van der Waals surface area contributed by atoms with Crippen molar-refractivity contribution in [1.82, 2.24) is 20.5 Å². The predicted octanol–water partition coefficient (Wildman–Crippen LogP) is 1.64. The number of carbonyl (C=O) groups excluding carboxylic acids is 1. The fourth-order valence-electron chi connectivity index (χ4n) is 2.06. The van der Waals surface area contributed by atoms with E-state index in [-0.39, 0.29) is 11.9 Å². The van der Waals surface area contributed by atoms with Crippen molar-refractivity contribution >= 4 is 5.91 Å². The molecule has 0 saturated heterocycles. The SMILES string of the molecule is Cc1nc([C@H](C)NC(=O)c2ccc(C)c(OCCCN)c2)n[nH]1. The van der Waals surface area contributed by atoms with Gasteiger partial charge in [0.25, 0.3) is 5.91 Å². The van der Waals surface area contributed by atoms with Gasteiger partial charge in [-0.15, -0.1) is 0 Å². The minimum absolute atomic E-state index is 0.191. The Hall–Kier alpha value is -2.41. The van der Waals surface area contributed by atoms with Crippen LogP contribution < -0.4 is 15.8 Å². The van der Waals surface area contributed by atoms with Gasteiger partial charge >= 0.3 is 0 Å². The van der Waals surface area contributed by atoms with Crippen LogP contribution in [0.2, 0.25) is 0 Å². The number of ether oxygens (including phenoxy) is 1. The second kappa shape index (κ2) is 7.73. The first kappa shape index (κ1) is 17.0. The van der Waals surface area contributed by atoms with Crippen molar-refractivity contribution in [2.45, 2.75) is 33.2 Å². The molecule has 4 N–H and O–H groups in total. The molecule has 0 aliphatic carbocycles. The van der Waals surface area contributed by atoms with Crippen LogP contribution in [0.3, 0.4) is 0 Å². The van der Waals surface area contributed by atoms with E-state index in [1.54, 1.807) is 12.1 Å². The number of aromatic nitrogens is 3. The van der Waals surface area contributed by atoms with Crippen molar-refractivity contribution in [3.05, 3.63) is 41.0 Å². The van der Waals surface area contributed by atoms with Crippen LogP contribution in [-0.2, 0) is 0 Å². The van der Waals surface area contributed by atoms with Crippen LogP contribution in [0.5, 0.6) is 5.75 Å². The van der Waals surface area contributed by atoms with Gasteiger partial charge in [-0.2, -0.15) is 5.10 Å². The molecule has 1 aromatic heterocycles. The summed E-state index contributed by atoms with van der Waals surface area (Å²) in [6.07, 6.45) is 0.775. The lowest BCUT2D eigenvalue weighted by Crippen LogP contribution is -2.27. The van der Waals surface area contributed by atoms with Gasteiger partial charge in [0.2, 0.25) is 0 Å². The van der Waals surface area contributed by atoms with Gasteiger partial charge in [0, 0.05) is 5.56 Å². The summed E-state index contributed by atoms with van der Waals surface area (Å²) in [7, 11) is 0. The Bertz CT molecular complexity index is 668. The number of hydrogen-bond donors (Lipinski definition) is 3. The molecule has 0 bridgehead atoms.